The zero-order valence-electron chi connectivity index (χ0n) is 26.4. The summed E-state index contributed by atoms with van der Waals surface area (Å²) in [6.45, 7) is 33.2. The van der Waals surface area contributed by atoms with Crippen LogP contribution in [0.5, 0.6) is 0 Å². The molecule has 2 unspecified atom stereocenters. The third-order valence-electron chi connectivity index (χ3n) is 7.88. The molecule has 0 N–H and O–H groups in total. The number of rotatable bonds is 4. The molecule has 2 radical (unpaired) electrons. The van der Waals surface area contributed by atoms with E-state index in [1.807, 2.05) is 0 Å². The van der Waals surface area contributed by atoms with Crippen LogP contribution < -0.4 is 10.2 Å². The van der Waals surface area contributed by atoms with Crippen LogP contribution in [0.25, 0.3) is 0 Å². The van der Waals surface area contributed by atoms with Crippen LogP contribution in [-0.4, -0.2) is 12.2 Å². The third kappa shape index (κ3) is 6.46. The van der Waals surface area contributed by atoms with Crippen molar-refractivity contribution in [3.8, 4) is 0 Å². The van der Waals surface area contributed by atoms with Gasteiger partial charge in [0, 0.05) is 11.7 Å². The maximum atomic E-state index is 4.21. The van der Waals surface area contributed by atoms with Crippen LogP contribution in [0, 0.1) is 6.29 Å². The lowest BCUT2D eigenvalue weighted by Gasteiger charge is -2.44. The van der Waals surface area contributed by atoms with Crippen molar-refractivity contribution in [1.82, 2.24) is 0 Å². The number of hydrogen-bond donors (Lipinski definition) is 0. The molecule has 1 heterocycles. The lowest BCUT2D eigenvalue weighted by molar-refractivity contribution is 0.553. The van der Waals surface area contributed by atoms with Crippen LogP contribution in [-0.2, 0) is 16.2 Å². The van der Waals surface area contributed by atoms with Crippen molar-refractivity contribution < 1.29 is 0 Å². The Bertz CT molecular complexity index is 1030. The molecule has 204 valence electrons. The number of anilines is 1. The van der Waals surface area contributed by atoms with Crippen LogP contribution in [0.15, 0.2) is 30.3 Å². The van der Waals surface area contributed by atoms with Gasteiger partial charge in [0.2, 0.25) is 0 Å². The molecule has 2 atom stereocenters. The van der Waals surface area contributed by atoms with Gasteiger partial charge < -0.3 is 4.90 Å². The Morgan fingerprint density at radius 2 is 1.24 bits per heavy atom. The molecule has 2 heteroatoms. The number of benzene rings is 2. The highest BCUT2D eigenvalue weighted by molar-refractivity contribution is 7.68. The van der Waals surface area contributed by atoms with E-state index in [9.17, 15) is 0 Å². The van der Waals surface area contributed by atoms with Gasteiger partial charge in [-0.1, -0.05) is 120 Å². The second-order valence-electron chi connectivity index (χ2n) is 15.0. The van der Waals surface area contributed by atoms with Gasteiger partial charge in [0.15, 0.2) is 0 Å². The zero-order chi connectivity index (χ0) is 28.1. The first-order valence-corrected chi connectivity index (χ1v) is 16.0. The molecule has 0 bridgehead atoms. The average Bonchev–Trinajstić information content (AvgIpc) is 2.76. The molecule has 0 spiro atoms. The average molecular weight is 520 g/mol. The first-order valence-electron chi connectivity index (χ1n) is 14.5. The van der Waals surface area contributed by atoms with E-state index < -0.39 is 7.92 Å². The largest absolute Gasteiger partial charge is 0.353 e. The number of hydrogen-bond acceptors (Lipinski definition) is 1. The van der Waals surface area contributed by atoms with Crippen LogP contribution in [0.4, 0.5) is 5.69 Å². The second-order valence-corrected chi connectivity index (χ2v) is 17.0. The van der Waals surface area contributed by atoms with Crippen LogP contribution in [0.1, 0.15) is 143 Å². The smallest absolute Gasteiger partial charge is 0.124 e. The van der Waals surface area contributed by atoms with Gasteiger partial charge in [0.25, 0.3) is 0 Å². The number of para-hydroxylation sites is 1. The molecule has 3 rings (SSSR count). The Morgan fingerprint density at radius 3 is 1.62 bits per heavy atom. The van der Waals surface area contributed by atoms with Crippen LogP contribution in [0.2, 0.25) is 0 Å². The fourth-order valence-electron chi connectivity index (χ4n) is 5.45. The van der Waals surface area contributed by atoms with Gasteiger partial charge in [-0.25, -0.2) is 0 Å². The zero-order valence-corrected chi connectivity index (χ0v) is 27.3. The van der Waals surface area contributed by atoms with Gasteiger partial charge in [-0.3, -0.25) is 0 Å². The SMILES string of the molecule is CC(C)c1cccc(C(C)C)c1N1[C]P(c2c(C(C)(C)C)cc(C(C)(C)C)cc2C(C)(C)C)CCC1C. The molecule has 1 aliphatic rings. The molecule has 0 saturated carbocycles. The van der Waals surface area contributed by atoms with E-state index in [0.717, 1.165) is 0 Å². The summed E-state index contributed by atoms with van der Waals surface area (Å²) in [6.07, 6.45) is 6.63. The van der Waals surface area contributed by atoms with E-state index in [1.54, 1.807) is 5.30 Å². The normalized spacial score (nSPS) is 19.7. The molecule has 2 aromatic carbocycles. The predicted molar refractivity (Wildman–Crippen MR) is 168 cm³/mol. The highest BCUT2D eigenvalue weighted by Crippen LogP contribution is 2.53. The summed E-state index contributed by atoms with van der Waals surface area (Å²) in [5, 5.41) is 1.59. The van der Waals surface area contributed by atoms with Crippen molar-refractivity contribution in [2.24, 2.45) is 0 Å². The molecule has 1 saturated heterocycles. The summed E-state index contributed by atoms with van der Waals surface area (Å²) in [5.41, 5.74) is 9.12. The Morgan fingerprint density at radius 1 is 0.784 bits per heavy atom. The van der Waals surface area contributed by atoms with E-state index >= 15 is 0 Å². The van der Waals surface area contributed by atoms with E-state index in [2.05, 4.69) is 138 Å². The van der Waals surface area contributed by atoms with E-state index in [4.69, 9.17) is 0 Å². The maximum Gasteiger partial charge on any atom is 0.124 e. The molecule has 0 aliphatic carbocycles. The monoisotopic (exact) mass is 519 g/mol. The van der Waals surface area contributed by atoms with Gasteiger partial charge in [-0.15, -0.1) is 0 Å². The highest BCUT2D eigenvalue weighted by atomic mass is 31.1. The summed E-state index contributed by atoms with van der Waals surface area (Å²) in [5.74, 6) is 0.967. The predicted octanol–water partition coefficient (Wildman–Crippen LogP) is 10.2. The van der Waals surface area contributed by atoms with Crippen LogP contribution >= 0.6 is 7.92 Å². The molecular weight excluding hydrogens is 465 g/mol. The van der Waals surface area contributed by atoms with Crippen molar-refractivity contribution in [1.29, 1.82) is 0 Å². The Labute approximate surface area is 231 Å². The van der Waals surface area contributed by atoms with Gasteiger partial charge in [0.05, 0.1) is 0 Å². The summed E-state index contributed by atoms with van der Waals surface area (Å²) >= 11 is 0. The van der Waals surface area contributed by atoms with Crippen molar-refractivity contribution in [2.75, 3.05) is 11.1 Å². The minimum atomic E-state index is -0.562. The third-order valence-corrected chi connectivity index (χ3v) is 10.1. The van der Waals surface area contributed by atoms with E-state index in [1.165, 1.54) is 46.1 Å². The van der Waals surface area contributed by atoms with Gasteiger partial charge in [0.1, 0.15) is 6.29 Å². The Balaban J connectivity index is 2.26. The first kappa shape index (κ1) is 30.2. The number of nitrogens with zero attached hydrogens (tertiary/aromatic N) is 1. The standard InChI is InChI=1S/C35H54NP/c1-23(2)27-16-15-17-28(24(3)4)31(27)36-22-37(19-18-25(36)5)32-29(34(9,10)11)20-26(33(6,7)8)21-30(32)35(12,13)14/h15-17,20-21,23-25H,18-19H2,1-14H3. The van der Waals surface area contributed by atoms with Gasteiger partial charge >= 0.3 is 0 Å². The molecule has 0 amide bonds. The minimum absolute atomic E-state index is 0.0768. The van der Waals surface area contributed by atoms with Crippen LogP contribution in [0.3, 0.4) is 0 Å². The second kappa shape index (κ2) is 10.7. The fraction of sp³-hybridized carbons (Fsp3) is 0.629. The van der Waals surface area contributed by atoms with Crippen molar-refractivity contribution in [3.05, 3.63) is 64.4 Å². The molecule has 1 nitrogen and oxygen atoms in total. The summed E-state index contributed by atoms with van der Waals surface area (Å²) in [6, 6.07) is 12.5. The quantitative estimate of drug-likeness (QED) is 0.363. The van der Waals surface area contributed by atoms with E-state index in [0.29, 0.717) is 17.9 Å². The minimum Gasteiger partial charge on any atom is -0.353 e. The van der Waals surface area contributed by atoms with Crippen molar-refractivity contribution in [3.63, 3.8) is 0 Å². The first-order chi connectivity index (χ1) is 16.8. The molecular formula is C35H54NP. The summed E-state index contributed by atoms with van der Waals surface area (Å²) in [7, 11) is -0.562. The van der Waals surface area contributed by atoms with Gasteiger partial charge in [-0.05, 0) is 88.6 Å². The van der Waals surface area contributed by atoms with Crippen molar-refractivity contribution in [2.45, 2.75) is 137 Å². The Kier molecular flexibility index (Phi) is 8.72. The molecule has 2 aromatic rings. The van der Waals surface area contributed by atoms with Crippen molar-refractivity contribution >= 4 is 18.9 Å². The lowest BCUT2D eigenvalue weighted by Crippen LogP contribution is -2.40. The van der Waals surface area contributed by atoms with Gasteiger partial charge in [-0.2, -0.15) is 0 Å². The fourth-order valence-corrected chi connectivity index (χ4v) is 8.44. The summed E-state index contributed by atoms with van der Waals surface area (Å²) < 4.78 is 0. The molecule has 37 heavy (non-hydrogen) atoms. The topological polar surface area (TPSA) is 3.24 Å². The maximum absolute atomic E-state index is 4.21. The molecule has 1 aliphatic heterocycles. The lowest BCUT2D eigenvalue weighted by atomic mass is 9.75. The van der Waals surface area contributed by atoms with E-state index in [-0.39, 0.29) is 16.2 Å². The Hall–Kier alpha value is -1.33. The molecule has 1 fully saturated rings. The highest BCUT2D eigenvalue weighted by Gasteiger charge is 2.37. The molecule has 0 aromatic heterocycles. The summed E-state index contributed by atoms with van der Waals surface area (Å²) in [4.78, 5) is 2.58.